The highest BCUT2D eigenvalue weighted by molar-refractivity contribution is 9.10. The van der Waals surface area contributed by atoms with Crippen molar-refractivity contribution in [1.82, 2.24) is 0 Å². The SMILES string of the molecule is COc1ccc(Oc2ccc(OC)cc2[N+](=O)[O-])c(Br)c1. The third-order valence-corrected chi connectivity index (χ3v) is 3.34. The van der Waals surface area contributed by atoms with Gasteiger partial charge in [0, 0.05) is 0 Å². The molecule has 110 valence electrons. The van der Waals surface area contributed by atoms with Crippen LogP contribution in [-0.4, -0.2) is 19.1 Å². The molecule has 21 heavy (non-hydrogen) atoms. The van der Waals surface area contributed by atoms with Crippen molar-refractivity contribution in [3.05, 3.63) is 51.0 Å². The molecular weight excluding hydrogens is 342 g/mol. The second kappa shape index (κ2) is 6.45. The number of hydrogen-bond donors (Lipinski definition) is 0. The summed E-state index contributed by atoms with van der Waals surface area (Å²) in [5.41, 5.74) is -0.169. The summed E-state index contributed by atoms with van der Waals surface area (Å²) in [5.74, 6) is 1.62. The van der Waals surface area contributed by atoms with Gasteiger partial charge in [-0.05, 0) is 46.3 Å². The third-order valence-electron chi connectivity index (χ3n) is 2.72. The minimum absolute atomic E-state index is 0.131. The van der Waals surface area contributed by atoms with Gasteiger partial charge in [0.15, 0.2) is 0 Å². The van der Waals surface area contributed by atoms with Crippen molar-refractivity contribution in [3.8, 4) is 23.0 Å². The lowest BCUT2D eigenvalue weighted by atomic mass is 10.2. The van der Waals surface area contributed by atoms with E-state index >= 15 is 0 Å². The van der Waals surface area contributed by atoms with Crippen molar-refractivity contribution >= 4 is 21.6 Å². The maximum atomic E-state index is 11.1. The van der Waals surface area contributed by atoms with E-state index in [2.05, 4.69) is 15.9 Å². The first kappa shape index (κ1) is 15.1. The minimum atomic E-state index is -0.519. The molecule has 0 spiro atoms. The Morgan fingerprint density at radius 2 is 1.57 bits per heavy atom. The number of nitro groups is 1. The molecule has 6 nitrogen and oxygen atoms in total. The van der Waals surface area contributed by atoms with Crippen LogP contribution in [0.1, 0.15) is 0 Å². The fraction of sp³-hybridized carbons (Fsp3) is 0.143. The highest BCUT2D eigenvalue weighted by Gasteiger charge is 2.18. The molecule has 0 saturated heterocycles. The molecular formula is C14H12BrNO5. The van der Waals surface area contributed by atoms with E-state index in [0.717, 1.165) is 0 Å². The molecule has 0 saturated carbocycles. The first-order chi connectivity index (χ1) is 10.0. The second-order valence-electron chi connectivity index (χ2n) is 3.99. The summed E-state index contributed by atoms with van der Waals surface area (Å²) in [6, 6.07) is 9.48. The Morgan fingerprint density at radius 3 is 2.10 bits per heavy atom. The van der Waals surface area contributed by atoms with Crippen LogP contribution < -0.4 is 14.2 Å². The summed E-state index contributed by atoms with van der Waals surface area (Å²) in [6.45, 7) is 0. The zero-order valence-electron chi connectivity index (χ0n) is 11.3. The van der Waals surface area contributed by atoms with Crippen LogP contribution in [0.25, 0.3) is 0 Å². The number of hydrogen-bond acceptors (Lipinski definition) is 5. The Morgan fingerprint density at radius 1 is 1.00 bits per heavy atom. The molecule has 0 aliphatic heterocycles. The Hall–Kier alpha value is -2.28. The Kier molecular flexibility index (Phi) is 4.64. The Bertz CT molecular complexity index is 674. The van der Waals surface area contributed by atoms with Gasteiger partial charge in [-0.1, -0.05) is 0 Å². The summed E-state index contributed by atoms with van der Waals surface area (Å²) in [6.07, 6.45) is 0. The molecule has 0 fully saturated rings. The van der Waals surface area contributed by atoms with Crippen LogP contribution in [-0.2, 0) is 0 Å². The van der Waals surface area contributed by atoms with Crippen molar-refractivity contribution < 1.29 is 19.1 Å². The van der Waals surface area contributed by atoms with Crippen molar-refractivity contribution in [2.45, 2.75) is 0 Å². The van der Waals surface area contributed by atoms with E-state index < -0.39 is 4.92 Å². The van der Waals surface area contributed by atoms with E-state index in [1.165, 1.54) is 19.2 Å². The van der Waals surface area contributed by atoms with Gasteiger partial charge in [0.1, 0.15) is 17.2 Å². The lowest BCUT2D eigenvalue weighted by Crippen LogP contribution is -1.95. The van der Waals surface area contributed by atoms with Gasteiger partial charge in [-0.15, -0.1) is 0 Å². The zero-order valence-corrected chi connectivity index (χ0v) is 12.9. The second-order valence-corrected chi connectivity index (χ2v) is 4.84. The van der Waals surface area contributed by atoms with E-state index in [9.17, 15) is 10.1 Å². The average Bonchev–Trinajstić information content (AvgIpc) is 2.49. The van der Waals surface area contributed by atoms with Crippen LogP contribution in [0.2, 0.25) is 0 Å². The van der Waals surface area contributed by atoms with Gasteiger partial charge in [0.25, 0.3) is 0 Å². The molecule has 0 atom stereocenters. The lowest BCUT2D eigenvalue weighted by Gasteiger charge is -2.10. The van der Waals surface area contributed by atoms with Gasteiger partial charge in [0.05, 0.1) is 29.7 Å². The monoisotopic (exact) mass is 353 g/mol. The molecule has 2 aromatic rings. The summed E-state index contributed by atoms with van der Waals surface area (Å²) >= 11 is 3.34. The van der Waals surface area contributed by atoms with E-state index in [1.807, 2.05) is 0 Å². The molecule has 0 radical (unpaired) electrons. The van der Waals surface area contributed by atoms with E-state index in [-0.39, 0.29) is 11.4 Å². The van der Waals surface area contributed by atoms with Crippen LogP contribution in [0.3, 0.4) is 0 Å². The molecule has 0 aliphatic carbocycles. The third kappa shape index (κ3) is 3.43. The first-order valence-corrected chi connectivity index (χ1v) is 6.68. The van der Waals surface area contributed by atoms with E-state index in [0.29, 0.717) is 21.7 Å². The summed E-state index contributed by atoms with van der Waals surface area (Å²) in [5, 5.41) is 11.1. The maximum absolute atomic E-state index is 11.1. The number of nitro benzene ring substituents is 1. The topological polar surface area (TPSA) is 70.8 Å². The molecule has 0 aromatic heterocycles. The number of rotatable bonds is 5. The quantitative estimate of drug-likeness (QED) is 0.595. The van der Waals surface area contributed by atoms with Gasteiger partial charge >= 0.3 is 5.69 Å². The van der Waals surface area contributed by atoms with Crippen LogP contribution in [0, 0.1) is 10.1 Å². The molecule has 0 heterocycles. The predicted octanol–water partition coefficient (Wildman–Crippen LogP) is 4.17. The molecule has 2 aromatic carbocycles. The highest BCUT2D eigenvalue weighted by Crippen LogP contribution is 2.38. The van der Waals surface area contributed by atoms with Gasteiger partial charge in [-0.2, -0.15) is 0 Å². The van der Waals surface area contributed by atoms with Crippen molar-refractivity contribution in [1.29, 1.82) is 0 Å². The summed E-state index contributed by atoms with van der Waals surface area (Å²) < 4.78 is 16.3. The number of methoxy groups -OCH3 is 2. The maximum Gasteiger partial charge on any atom is 0.315 e. The molecule has 0 N–H and O–H groups in total. The van der Waals surface area contributed by atoms with Gasteiger partial charge in [-0.25, -0.2) is 0 Å². The number of benzene rings is 2. The Labute approximate surface area is 129 Å². The van der Waals surface area contributed by atoms with Crippen LogP contribution in [0.5, 0.6) is 23.0 Å². The molecule has 0 amide bonds. The van der Waals surface area contributed by atoms with Crippen molar-refractivity contribution in [2.75, 3.05) is 14.2 Å². The Balaban J connectivity index is 2.37. The van der Waals surface area contributed by atoms with Crippen molar-refractivity contribution in [2.24, 2.45) is 0 Å². The molecule has 7 heteroatoms. The van der Waals surface area contributed by atoms with Crippen LogP contribution in [0.4, 0.5) is 5.69 Å². The average molecular weight is 354 g/mol. The first-order valence-electron chi connectivity index (χ1n) is 5.89. The predicted molar refractivity (Wildman–Crippen MR) is 80.4 cm³/mol. The van der Waals surface area contributed by atoms with Crippen LogP contribution >= 0.6 is 15.9 Å². The highest BCUT2D eigenvalue weighted by atomic mass is 79.9. The van der Waals surface area contributed by atoms with Gasteiger partial charge in [-0.3, -0.25) is 10.1 Å². The minimum Gasteiger partial charge on any atom is -0.497 e. The number of halogens is 1. The molecule has 0 bridgehead atoms. The fourth-order valence-electron chi connectivity index (χ4n) is 1.66. The van der Waals surface area contributed by atoms with E-state index in [4.69, 9.17) is 14.2 Å². The van der Waals surface area contributed by atoms with E-state index in [1.54, 1.807) is 31.4 Å². The smallest absolute Gasteiger partial charge is 0.315 e. The summed E-state index contributed by atoms with van der Waals surface area (Å²) in [4.78, 5) is 10.6. The molecule has 0 aliphatic rings. The fourth-order valence-corrected chi connectivity index (χ4v) is 2.10. The van der Waals surface area contributed by atoms with Gasteiger partial charge < -0.3 is 14.2 Å². The van der Waals surface area contributed by atoms with Crippen molar-refractivity contribution in [3.63, 3.8) is 0 Å². The number of ether oxygens (including phenoxy) is 3. The van der Waals surface area contributed by atoms with Gasteiger partial charge in [0.2, 0.25) is 5.75 Å². The summed E-state index contributed by atoms with van der Waals surface area (Å²) in [7, 11) is 3.00. The normalized spacial score (nSPS) is 10.0. The largest absolute Gasteiger partial charge is 0.497 e. The standard InChI is InChI=1S/C14H12BrNO5/c1-19-9-3-5-13(11(15)7-9)21-14-6-4-10(20-2)8-12(14)16(17)18/h3-8H,1-2H3. The number of nitrogens with zero attached hydrogens (tertiary/aromatic N) is 1. The lowest BCUT2D eigenvalue weighted by molar-refractivity contribution is -0.385. The van der Waals surface area contributed by atoms with Crippen LogP contribution in [0.15, 0.2) is 40.9 Å². The zero-order chi connectivity index (χ0) is 15.4. The molecule has 2 rings (SSSR count). The molecule has 0 unspecified atom stereocenters.